The standard InChI is InChI=1S/C17H20N4O/c1-20-10-8-19-17(20)16(22)14-3-2-9-21(12-14)15-6-4-13(11-18)5-7-15/h4-8,10,14,16,22H,2-3,9,12H2,1H3. The zero-order valence-electron chi connectivity index (χ0n) is 12.7. The van der Waals surface area contributed by atoms with Crippen LogP contribution in [0.1, 0.15) is 30.3 Å². The predicted octanol–water partition coefficient (Wildman–Crippen LogP) is 2.24. The molecule has 0 radical (unpaired) electrons. The van der Waals surface area contributed by atoms with Crippen LogP contribution >= 0.6 is 0 Å². The molecule has 22 heavy (non-hydrogen) atoms. The van der Waals surface area contributed by atoms with E-state index in [0.29, 0.717) is 5.56 Å². The Hall–Kier alpha value is -2.32. The lowest BCUT2D eigenvalue weighted by Gasteiger charge is -2.36. The molecule has 2 heterocycles. The Balaban J connectivity index is 1.73. The number of piperidine rings is 1. The topological polar surface area (TPSA) is 65.1 Å². The van der Waals surface area contributed by atoms with Gasteiger partial charge in [-0.1, -0.05) is 0 Å². The van der Waals surface area contributed by atoms with Gasteiger partial charge in [0.05, 0.1) is 11.6 Å². The van der Waals surface area contributed by atoms with Crippen LogP contribution in [0.4, 0.5) is 5.69 Å². The first-order chi connectivity index (χ1) is 10.7. The molecule has 0 amide bonds. The molecule has 0 aliphatic carbocycles. The van der Waals surface area contributed by atoms with Crippen molar-refractivity contribution in [1.82, 2.24) is 9.55 Å². The van der Waals surface area contributed by atoms with Crippen LogP contribution in [-0.4, -0.2) is 27.7 Å². The second-order valence-electron chi connectivity index (χ2n) is 5.85. The summed E-state index contributed by atoms with van der Waals surface area (Å²) in [6, 6.07) is 9.78. The number of aromatic nitrogens is 2. The molecule has 2 atom stereocenters. The fraction of sp³-hybridized carbons (Fsp3) is 0.412. The van der Waals surface area contributed by atoms with E-state index in [1.54, 1.807) is 6.20 Å². The normalized spacial score (nSPS) is 19.7. The minimum atomic E-state index is -0.541. The van der Waals surface area contributed by atoms with Gasteiger partial charge in [-0.3, -0.25) is 0 Å². The Labute approximate surface area is 130 Å². The summed E-state index contributed by atoms with van der Waals surface area (Å²) in [5, 5.41) is 19.5. The molecule has 1 saturated heterocycles. The molecule has 0 bridgehead atoms. The molecule has 1 N–H and O–H groups in total. The van der Waals surface area contributed by atoms with Gasteiger partial charge in [0, 0.05) is 44.1 Å². The van der Waals surface area contributed by atoms with Crippen LogP contribution < -0.4 is 4.90 Å². The first kappa shape index (κ1) is 14.6. The van der Waals surface area contributed by atoms with E-state index in [1.807, 2.05) is 42.1 Å². The molecule has 2 aromatic rings. The Morgan fingerprint density at radius 2 is 2.14 bits per heavy atom. The number of aliphatic hydroxyl groups is 1. The number of rotatable bonds is 3. The highest BCUT2D eigenvalue weighted by Gasteiger charge is 2.29. The third-order valence-electron chi connectivity index (χ3n) is 4.39. The first-order valence-corrected chi connectivity index (χ1v) is 7.59. The maximum absolute atomic E-state index is 10.6. The Bertz CT molecular complexity index is 671. The molecule has 1 aromatic carbocycles. The number of imidazole rings is 1. The van der Waals surface area contributed by atoms with Crippen molar-refractivity contribution >= 4 is 5.69 Å². The van der Waals surface area contributed by atoms with Gasteiger partial charge in [0.1, 0.15) is 11.9 Å². The lowest BCUT2D eigenvalue weighted by molar-refractivity contribution is 0.0875. The number of hydrogen-bond acceptors (Lipinski definition) is 4. The number of anilines is 1. The first-order valence-electron chi connectivity index (χ1n) is 7.59. The Kier molecular flexibility index (Phi) is 4.12. The molecule has 3 rings (SSSR count). The van der Waals surface area contributed by atoms with Crippen molar-refractivity contribution in [3.8, 4) is 6.07 Å². The summed E-state index contributed by atoms with van der Waals surface area (Å²) >= 11 is 0. The molecule has 1 aliphatic heterocycles. The van der Waals surface area contributed by atoms with Crippen LogP contribution in [0.3, 0.4) is 0 Å². The third kappa shape index (κ3) is 2.83. The van der Waals surface area contributed by atoms with E-state index < -0.39 is 6.10 Å². The van der Waals surface area contributed by atoms with Gasteiger partial charge in [0.15, 0.2) is 0 Å². The molecular formula is C17H20N4O. The number of nitriles is 1. The molecule has 114 valence electrons. The van der Waals surface area contributed by atoms with Crippen LogP contribution in [0.2, 0.25) is 0 Å². The molecule has 1 fully saturated rings. The number of benzene rings is 1. The van der Waals surface area contributed by atoms with Crippen LogP contribution in [0.5, 0.6) is 0 Å². The van der Waals surface area contributed by atoms with E-state index in [0.717, 1.165) is 37.4 Å². The number of aryl methyl sites for hydroxylation is 1. The summed E-state index contributed by atoms with van der Waals surface area (Å²) in [5.41, 5.74) is 1.78. The van der Waals surface area contributed by atoms with Crippen LogP contribution in [0, 0.1) is 17.2 Å². The average Bonchev–Trinajstić information content (AvgIpc) is 3.00. The van der Waals surface area contributed by atoms with E-state index in [2.05, 4.69) is 16.0 Å². The summed E-state index contributed by atoms with van der Waals surface area (Å²) in [5.74, 6) is 0.900. The van der Waals surface area contributed by atoms with Gasteiger partial charge in [0.2, 0.25) is 0 Å². The van der Waals surface area contributed by atoms with Crippen molar-refractivity contribution in [2.24, 2.45) is 13.0 Å². The molecule has 0 spiro atoms. The summed E-state index contributed by atoms with van der Waals surface area (Å²) in [6.45, 7) is 1.79. The van der Waals surface area contributed by atoms with Gasteiger partial charge < -0.3 is 14.6 Å². The Morgan fingerprint density at radius 1 is 1.36 bits per heavy atom. The largest absolute Gasteiger partial charge is 0.385 e. The summed E-state index contributed by atoms with van der Waals surface area (Å²) in [7, 11) is 1.91. The molecule has 2 unspecified atom stereocenters. The highest BCUT2D eigenvalue weighted by atomic mass is 16.3. The lowest BCUT2D eigenvalue weighted by Crippen LogP contribution is -2.38. The van der Waals surface area contributed by atoms with E-state index in [9.17, 15) is 5.11 Å². The van der Waals surface area contributed by atoms with Crippen molar-refractivity contribution in [1.29, 1.82) is 5.26 Å². The highest BCUT2D eigenvalue weighted by Crippen LogP contribution is 2.31. The van der Waals surface area contributed by atoms with Crippen molar-refractivity contribution < 1.29 is 5.11 Å². The molecular weight excluding hydrogens is 276 g/mol. The fourth-order valence-corrected chi connectivity index (χ4v) is 3.12. The van der Waals surface area contributed by atoms with Gasteiger partial charge in [-0.25, -0.2) is 4.98 Å². The second kappa shape index (κ2) is 6.20. The minimum absolute atomic E-state index is 0.172. The van der Waals surface area contributed by atoms with E-state index in [-0.39, 0.29) is 5.92 Å². The van der Waals surface area contributed by atoms with Crippen LogP contribution in [-0.2, 0) is 7.05 Å². The lowest BCUT2D eigenvalue weighted by atomic mass is 9.91. The molecule has 1 aliphatic rings. The number of aliphatic hydroxyl groups excluding tert-OH is 1. The van der Waals surface area contributed by atoms with Crippen molar-refractivity contribution in [2.45, 2.75) is 18.9 Å². The smallest absolute Gasteiger partial charge is 0.137 e. The predicted molar refractivity (Wildman–Crippen MR) is 84.3 cm³/mol. The third-order valence-corrected chi connectivity index (χ3v) is 4.39. The SMILES string of the molecule is Cn1ccnc1C(O)C1CCCN(c2ccc(C#N)cc2)C1. The van der Waals surface area contributed by atoms with Crippen molar-refractivity contribution in [3.63, 3.8) is 0 Å². The zero-order chi connectivity index (χ0) is 15.5. The maximum atomic E-state index is 10.6. The van der Waals surface area contributed by atoms with Gasteiger partial charge in [-0.15, -0.1) is 0 Å². The van der Waals surface area contributed by atoms with Gasteiger partial charge >= 0.3 is 0 Å². The average molecular weight is 296 g/mol. The van der Waals surface area contributed by atoms with Gasteiger partial charge in [0.25, 0.3) is 0 Å². The monoisotopic (exact) mass is 296 g/mol. The second-order valence-corrected chi connectivity index (χ2v) is 5.85. The molecule has 1 aromatic heterocycles. The number of hydrogen-bond donors (Lipinski definition) is 1. The molecule has 5 heteroatoms. The fourth-order valence-electron chi connectivity index (χ4n) is 3.12. The summed E-state index contributed by atoms with van der Waals surface area (Å²) < 4.78 is 1.88. The van der Waals surface area contributed by atoms with Crippen molar-refractivity contribution in [2.75, 3.05) is 18.0 Å². The van der Waals surface area contributed by atoms with Gasteiger partial charge in [-0.05, 0) is 37.1 Å². The maximum Gasteiger partial charge on any atom is 0.137 e. The van der Waals surface area contributed by atoms with E-state index >= 15 is 0 Å². The highest BCUT2D eigenvalue weighted by molar-refractivity contribution is 5.50. The quantitative estimate of drug-likeness (QED) is 0.943. The minimum Gasteiger partial charge on any atom is -0.385 e. The summed E-state index contributed by atoms with van der Waals surface area (Å²) in [6.07, 6.45) is 5.09. The van der Waals surface area contributed by atoms with E-state index in [4.69, 9.17) is 5.26 Å². The Morgan fingerprint density at radius 3 is 2.77 bits per heavy atom. The zero-order valence-corrected chi connectivity index (χ0v) is 12.7. The summed E-state index contributed by atoms with van der Waals surface area (Å²) in [4.78, 5) is 6.55. The molecule has 5 nitrogen and oxygen atoms in total. The van der Waals surface area contributed by atoms with Gasteiger partial charge in [-0.2, -0.15) is 5.26 Å². The molecule has 0 saturated carbocycles. The van der Waals surface area contributed by atoms with Crippen molar-refractivity contribution in [3.05, 3.63) is 48.0 Å². The van der Waals surface area contributed by atoms with Crippen LogP contribution in [0.15, 0.2) is 36.7 Å². The van der Waals surface area contributed by atoms with Crippen LogP contribution in [0.25, 0.3) is 0 Å². The van der Waals surface area contributed by atoms with E-state index in [1.165, 1.54) is 0 Å². The number of nitrogens with zero attached hydrogens (tertiary/aromatic N) is 4.